The lowest BCUT2D eigenvalue weighted by Crippen LogP contribution is -2.42. The fourth-order valence-corrected chi connectivity index (χ4v) is 3.35. The number of aryl methyl sites for hydroxylation is 1. The highest BCUT2D eigenvalue weighted by molar-refractivity contribution is 5.18. The molecule has 96 valence electrons. The van der Waals surface area contributed by atoms with Crippen LogP contribution in [-0.4, -0.2) is 14.9 Å². The Bertz CT molecular complexity index is 385. The van der Waals surface area contributed by atoms with Crippen molar-refractivity contribution in [2.75, 3.05) is 0 Å². The van der Waals surface area contributed by atoms with Gasteiger partial charge in [0.15, 0.2) is 0 Å². The molecule has 1 fully saturated rings. The van der Waals surface area contributed by atoms with Gasteiger partial charge in [0.2, 0.25) is 0 Å². The molecule has 3 atom stereocenters. The van der Waals surface area contributed by atoms with Crippen LogP contribution in [0.15, 0.2) is 12.4 Å². The Morgan fingerprint density at radius 1 is 1.47 bits per heavy atom. The van der Waals surface area contributed by atoms with Crippen LogP contribution in [0, 0.1) is 17.8 Å². The summed E-state index contributed by atoms with van der Waals surface area (Å²) in [7, 11) is 1.91. The first-order chi connectivity index (χ1) is 7.93. The maximum absolute atomic E-state index is 11.1. The maximum atomic E-state index is 11.1. The predicted octanol–water partition coefficient (Wildman–Crippen LogP) is 2.70. The smallest absolute Gasteiger partial charge is 0.0959 e. The van der Waals surface area contributed by atoms with Gasteiger partial charge in [-0.05, 0) is 30.6 Å². The van der Waals surface area contributed by atoms with Crippen molar-refractivity contribution in [3.8, 4) is 0 Å². The van der Waals surface area contributed by atoms with E-state index in [-0.39, 0.29) is 0 Å². The van der Waals surface area contributed by atoms with Gasteiger partial charge in [0.1, 0.15) is 0 Å². The van der Waals surface area contributed by atoms with Crippen LogP contribution in [0.3, 0.4) is 0 Å². The van der Waals surface area contributed by atoms with Crippen LogP contribution in [0.2, 0.25) is 0 Å². The molecule has 1 aromatic rings. The third kappa shape index (κ3) is 2.25. The number of rotatable bonds is 2. The second-order valence-corrected chi connectivity index (χ2v) is 6.06. The highest BCUT2D eigenvalue weighted by Gasteiger charge is 2.44. The fourth-order valence-electron chi connectivity index (χ4n) is 3.35. The minimum Gasteiger partial charge on any atom is -0.385 e. The Hall–Kier alpha value is -0.830. The average molecular weight is 236 g/mol. The van der Waals surface area contributed by atoms with Gasteiger partial charge in [0.05, 0.1) is 11.8 Å². The zero-order chi connectivity index (χ0) is 12.6. The minimum atomic E-state index is -0.680. The Morgan fingerprint density at radius 2 is 2.18 bits per heavy atom. The van der Waals surface area contributed by atoms with E-state index in [9.17, 15) is 5.11 Å². The molecule has 0 spiro atoms. The topological polar surface area (TPSA) is 38.1 Å². The van der Waals surface area contributed by atoms with Crippen molar-refractivity contribution in [2.45, 2.75) is 45.6 Å². The van der Waals surface area contributed by atoms with Crippen molar-refractivity contribution in [3.63, 3.8) is 0 Å². The van der Waals surface area contributed by atoms with Crippen LogP contribution in [0.1, 0.15) is 45.6 Å². The molecular formula is C14H24N2O. The molecule has 0 aliphatic heterocycles. The largest absolute Gasteiger partial charge is 0.385 e. The van der Waals surface area contributed by atoms with Crippen LogP contribution in [0.4, 0.5) is 0 Å². The molecule has 0 aromatic carbocycles. The van der Waals surface area contributed by atoms with Gasteiger partial charge in [0.25, 0.3) is 0 Å². The number of aliphatic hydroxyl groups is 1. The van der Waals surface area contributed by atoms with Gasteiger partial charge >= 0.3 is 0 Å². The quantitative estimate of drug-likeness (QED) is 0.857. The zero-order valence-corrected chi connectivity index (χ0v) is 11.3. The third-order valence-electron chi connectivity index (χ3n) is 4.25. The fraction of sp³-hybridized carbons (Fsp3) is 0.786. The molecule has 0 saturated heterocycles. The summed E-state index contributed by atoms with van der Waals surface area (Å²) in [5.41, 5.74) is 0.311. The summed E-state index contributed by atoms with van der Waals surface area (Å²) in [5.74, 6) is 1.45. The molecule has 0 amide bonds. The van der Waals surface area contributed by atoms with Gasteiger partial charge in [-0.15, -0.1) is 0 Å². The van der Waals surface area contributed by atoms with Gasteiger partial charge in [0, 0.05) is 18.8 Å². The van der Waals surface area contributed by atoms with E-state index in [0.29, 0.717) is 17.8 Å². The summed E-state index contributed by atoms with van der Waals surface area (Å²) in [6, 6.07) is 0. The molecule has 0 radical (unpaired) electrons. The van der Waals surface area contributed by atoms with Crippen molar-refractivity contribution in [1.29, 1.82) is 0 Å². The number of aromatic nitrogens is 2. The van der Waals surface area contributed by atoms with E-state index in [0.717, 1.165) is 18.4 Å². The lowest BCUT2D eigenvalue weighted by atomic mass is 9.65. The Kier molecular flexibility index (Phi) is 3.30. The molecule has 3 heteroatoms. The van der Waals surface area contributed by atoms with E-state index in [1.165, 1.54) is 6.42 Å². The molecule has 1 aromatic heterocycles. The van der Waals surface area contributed by atoms with Crippen LogP contribution in [-0.2, 0) is 12.6 Å². The molecule has 1 saturated carbocycles. The highest BCUT2D eigenvalue weighted by Crippen LogP contribution is 2.46. The van der Waals surface area contributed by atoms with Crippen molar-refractivity contribution in [3.05, 3.63) is 18.0 Å². The first-order valence-corrected chi connectivity index (χ1v) is 6.65. The molecule has 2 rings (SSSR count). The standard InChI is InChI=1S/C14H24N2O/c1-10(2)13-6-5-11(3)7-14(13,17)12-8-15-16(4)9-12/h8-11,13,17H,5-7H2,1-4H3. The molecule has 17 heavy (non-hydrogen) atoms. The lowest BCUT2D eigenvalue weighted by molar-refractivity contribution is -0.0866. The molecule has 1 aliphatic rings. The van der Waals surface area contributed by atoms with Crippen molar-refractivity contribution >= 4 is 0 Å². The van der Waals surface area contributed by atoms with E-state index in [1.54, 1.807) is 4.68 Å². The third-order valence-corrected chi connectivity index (χ3v) is 4.25. The van der Waals surface area contributed by atoms with Gasteiger partial charge in [-0.25, -0.2) is 0 Å². The number of hydrogen-bond donors (Lipinski definition) is 1. The Labute approximate surface area is 104 Å². The van der Waals surface area contributed by atoms with E-state index >= 15 is 0 Å². The molecule has 3 nitrogen and oxygen atoms in total. The molecule has 0 bridgehead atoms. The maximum Gasteiger partial charge on any atom is 0.0959 e. The summed E-state index contributed by atoms with van der Waals surface area (Å²) in [6.45, 7) is 6.65. The first kappa shape index (κ1) is 12.6. The van der Waals surface area contributed by atoms with Crippen LogP contribution < -0.4 is 0 Å². The van der Waals surface area contributed by atoms with Gasteiger partial charge in [-0.2, -0.15) is 5.10 Å². The normalized spacial score (nSPS) is 34.2. The van der Waals surface area contributed by atoms with Gasteiger partial charge < -0.3 is 5.11 Å². The minimum absolute atomic E-state index is 0.350. The average Bonchev–Trinajstić information content (AvgIpc) is 2.64. The van der Waals surface area contributed by atoms with E-state index < -0.39 is 5.60 Å². The van der Waals surface area contributed by atoms with Crippen LogP contribution in [0.5, 0.6) is 0 Å². The van der Waals surface area contributed by atoms with Crippen molar-refractivity contribution in [1.82, 2.24) is 9.78 Å². The second-order valence-electron chi connectivity index (χ2n) is 6.06. The van der Waals surface area contributed by atoms with E-state index in [1.807, 2.05) is 19.4 Å². The summed E-state index contributed by atoms with van der Waals surface area (Å²) in [5, 5.41) is 15.3. The van der Waals surface area contributed by atoms with Crippen LogP contribution >= 0.6 is 0 Å². The van der Waals surface area contributed by atoms with Crippen LogP contribution in [0.25, 0.3) is 0 Å². The summed E-state index contributed by atoms with van der Waals surface area (Å²) in [6.07, 6.45) is 7.00. The zero-order valence-electron chi connectivity index (χ0n) is 11.3. The number of nitrogens with zero attached hydrogens (tertiary/aromatic N) is 2. The summed E-state index contributed by atoms with van der Waals surface area (Å²) in [4.78, 5) is 0. The van der Waals surface area contributed by atoms with Crippen molar-refractivity contribution < 1.29 is 5.11 Å². The summed E-state index contributed by atoms with van der Waals surface area (Å²) < 4.78 is 1.78. The monoisotopic (exact) mass is 236 g/mol. The van der Waals surface area contributed by atoms with E-state index in [4.69, 9.17) is 0 Å². The first-order valence-electron chi connectivity index (χ1n) is 6.65. The predicted molar refractivity (Wildman–Crippen MR) is 68.4 cm³/mol. The highest BCUT2D eigenvalue weighted by atomic mass is 16.3. The molecular weight excluding hydrogens is 212 g/mol. The SMILES string of the molecule is CC1CCC(C(C)C)C(O)(c2cnn(C)c2)C1. The summed E-state index contributed by atoms with van der Waals surface area (Å²) >= 11 is 0. The molecule has 1 N–H and O–H groups in total. The van der Waals surface area contributed by atoms with Crippen molar-refractivity contribution in [2.24, 2.45) is 24.8 Å². The lowest BCUT2D eigenvalue weighted by Gasteiger charge is -2.44. The van der Waals surface area contributed by atoms with Gasteiger partial charge in [-0.1, -0.05) is 27.2 Å². The van der Waals surface area contributed by atoms with Gasteiger partial charge in [-0.3, -0.25) is 4.68 Å². The number of hydrogen-bond acceptors (Lipinski definition) is 2. The Balaban J connectivity index is 2.35. The Morgan fingerprint density at radius 3 is 2.71 bits per heavy atom. The molecule has 3 unspecified atom stereocenters. The molecule has 1 aliphatic carbocycles. The van der Waals surface area contributed by atoms with E-state index in [2.05, 4.69) is 25.9 Å². The second kappa shape index (κ2) is 4.45. The molecule has 1 heterocycles.